The smallest absolute Gasteiger partial charge is 0.255 e. The molecule has 0 saturated heterocycles. The maximum Gasteiger partial charge on any atom is 0.255 e. The monoisotopic (exact) mass is 344 g/mol. The lowest BCUT2D eigenvalue weighted by molar-refractivity contribution is 0.0899. The van der Waals surface area contributed by atoms with Crippen molar-refractivity contribution in [1.82, 2.24) is 24.9 Å². The summed E-state index contributed by atoms with van der Waals surface area (Å²) in [6.07, 6.45) is 7.51. The lowest BCUT2D eigenvalue weighted by atomic mass is 9.83. The Bertz CT molecular complexity index is 754. The number of fused-ring (bicyclic) bond motifs is 1. The van der Waals surface area contributed by atoms with Crippen molar-refractivity contribution in [2.75, 3.05) is 6.54 Å². The van der Waals surface area contributed by atoms with Crippen LogP contribution < -0.4 is 11.1 Å². The second-order valence-electron chi connectivity index (χ2n) is 7.96. The molecule has 2 aromatic heterocycles. The molecule has 7 nitrogen and oxygen atoms in total. The van der Waals surface area contributed by atoms with E-state index in [1.54, 1.807) is 10.9 Å². The molecule has 3 heterocycles. The average molecular weight is 344 g/mol. The molecule has 7 heteroatoms. The highest BCUT2D eigenvalue weighted by Gasteiger charge is 2.32. The Morgan fingerprint density at radius 2 is 2.16 bits per heavy atom. The van der Waals surface area contributed by atoms with Crippen LogP contribution >= 0.6 is 0 Å². The molecule has 0 radical (unpaired) electrons. The maximum atomic E-state index is 13.0. The third-order valence-corrected chi connectivity index (χ3v) is 4.92. The normalized spacial score (nSPS) is 18.7. The van der Waals surface area contributed by atoms with Gasteiger partial charge in [0, 0.05) is 37.8 Å². The van der Waals surface area contributed by atoms with Crippen LogP contribution in [0.4, 0.5) is 0 Å². The van der Waals surface area contributed by atoms with Gasteiger partial charge in [-0.1, -0.05) is 20.8 Å². The van der Waals surface area contributed by atoms with E-state index >= 15 is 0 Å². The summed E-state index contributed by atoms with van der Waals surface area (Å²) < 4.78 is 3.69. The number of nitrogens with two attached hydrogens (primary N) is 1. The Morgan fingerprint density at radius 1 is 1.40 bits per heavy atom. The van der Waals surface area contributed by atoms with Gasteiger partial charge in [0.05, 0.1) is 29.7 Å². The van der Waals surface area contributed by atoms with E-state index in [0.717, 1.165) is 30.6 Å². The van der Waals surface area contributed by atoms with E-state index in [1.807, 2.05) is 24.1 Å². The summed E-state index contributed by atoms with van der Waals surface area (Å²) in [4.78, 5) is 13.0. The highest BCUT2D eigenvalue weighted by Crippen LogP contribution is 2.34. The number of hydrogen-bond donors (Lipinski definition) is 2. The van der Waals surface area contributed by atoms with Crippen LogP contribution in [0.2, 0.25) is 0 Å². The van der Waals surface area contributed by atoms with Gasteiger partial charge in [0.25, 0.3) is 5.91 Å². The molecule has 3 N–H and O–H groups in total. The number of carbonyl (C=O) groups excluding carboxylic acids is 1. The summed E-state index contributed by atoms with van der Waals surface area (Å²) in [5.74, 6) is 0.105. The van der Waals surface area contributed by atoms with Crippen molar-refractivity contribution in [3.05, 3.63) is 35.4 Å². The molecule has 1 aliphatic rings. The molecule has 3 rings (SSSR count). The minimum atomic E-state index is -0.140. The molecule has 1 aliphatic heterocycles. The van der Waals surface area contributed by atoms with Gasteiger partial charge in [-0.25, -0.2) is 0 Å². The van der Waals surface area contributed by atoms with Gasteiger partial charge < -0.3 is 11.1 Å². The summed E-state index contributed by atoms with van der Waals surface area (Å²) in [7, 11) is 1.88. The molecule has 2 atom stereocenters. The van der Waals surface area contributed by atoms with Gasteiger partial charge in [-0.15, -0.1) is 0 Å². The first-order valence-corrected chi connectivity index (χ1v) is 8.86. The zero-order chi connectivity index (χ0) is 18.2. The third kappa shape index (κ3) is 3.46. The number of nitrogens with one attached hydrogen (secondary N) is 1. The van der Waals surface area contributed by atoms with E-state index in [4.69, 9.17) is 5.73 Å². The molecule has 136 valence electrons. The molecule has 0 fully saturated rings. The topological polar surface area (TPSA) is 90.8 Å². The summed E-state index contributed by atoms with van der Waals surface area (Å²) in [6.45, 7) is 7.73. The number of aryl methyl sites for hydroxylation is 2. The first-order chi connectivity index (χ1) is 11.8. The number of aromatic nitrogens is 4. The van der Waals surface area contributed by atoms with Crippen molar-refractivity contribution in [2.24, 2.45) is 18.2 Å². The minimum absolute atomic E-state index is 0.0922. The Hall–Kier alpha value is -2.15. The van der Waals surface area contributed by atoms with Crippen molar-refractivity contribution in [2.45, 2.75) is 52.1 Å². The summed E-state index contributed by atoms with van der Waals surface area (Å²) in [6, 6.07) is -0.135. The maximum absolute atomic E-state index is 13.0. The first-order valence-electron chi connectivity index (χ1n) is 8.86. The summed E-state index contributed by atoms with van der Waals surface area (Å²) >= 11 is 0. The molecular weight excluding hydrogens is 316 g/mol. The zero-order valence-electron chi connectivity index (χ0n) is 15.5. The molecule has 2 aromatic rings. The van der Waals surface area contributed by atoms with Crippen LogP contribution in [-0.2, 0) is 13.6 Å². The quantitative estimate of drug-likeness (QED) is 0.887. The van der Waals surface area contributed by atoms with Crippen LogP contribution in [0.3, 0.4) is 0 Å². The van der Waals surface area contributed by atoms with Crippen LogP contribution in [0.5, 0.6) is 0 Å². The van der Waals surface area contributed by atoms with Crippen molar-refractivity contribution in [3.8, 4) is 0 Å². The van der Waals surface area contributed by atoms with E-state index in [-0.39, 0.29) is 23.3 Å². The van der Waals surface area contributed by atoms with E-state index in [2.05, 4.69) is 36.3 Å². The van der Waals surface area contributed by atoms with Crippen LogP contribution in [0.25, 0.3) is 0 Å². The lowest BCUT2D eigenvalue weighted by Gasteiger charge is -2.31. The molecule has 0 spiro atoms. The van der Waals surface area contributed by atoms with Crippen LogP contribution in [-0.4, -0.2) is 32.0 Å². The van der Waals surface area contributed by atoms with Crippen molar-refractivity contribution >= 4 is 5.91 Å². The largest absolute Gasteiger partial charge is 0.344 e. The predicted octanol–water partition coefficient (Wildman–Crippen LogP) is 1.97. The molecular formula is C18H28N6O. The fourth-order valence-electron chi connectivity index (χ4n) is 3.63. The number of amides is 1. The van der Waals surface area contributed by atoms with Gasteiger partial charge in [-0.05, 0) is 18.3 Å². The Labute approximate surface area is 148 Å². The van der Waals surface area contributed by atoms with Crippen LogP contribution in [0, 0.1) is 5.41 Å². The fourth-order valence-corrected chi connectivity index (χ4v) is 3.63. The molecule has 0 saturated carbocycles. The van der Waals surface area contributed by atoms with Gasteiger partial charge in [-0.3, -0.25) is 14.2 Å². The number of rotatable bonds is 4. The molecule has 2 unspecified atom stereocenters. The van der Waals surface area contributed by atoms with E-state index in [0.29, 0.717) is 12.1 Å². The second-order valence-corrected chi connectivity index (χ2v) is 7.96. The minimum Gasteiger partial charge on any atom is -0.344 e. The number of carbonyl (C=O) groups is 1. The Kier molecular flexibility index (Phi) is 4.69. The first kappa shape index (κ1) is 17.7. The van der Waals surface area contributed by atoms with E-state index in [1.165, 1.54) is 0 Å². The molecule has 25 heavy (non-hydrogen) atoms. The van der Waals surface area contributed by atoms with Gasteiger partial charge in [0.15, 0.2) is 0 Å². The summed E-state index contributed by atoms with van der Waals surface area (Å²) in [5.41, 5.74) is 8.41. The van der Waals surface area contributed by atoms with Gasteiger partial charge in [0.1, 0.15) is 0 Å². The predicted molar refractivity (Wildman–Crippen MR) is 96.1 cm³/mol. The Balaban J connectivity index is 1.89. The van der Waals surface area contributed by atoms with Gasteiger partial charge in [-0.2, -0.15) is 10.2 Å². The van der Waals surface area contributed by atoms with E-state index in [9.17, 15) is 4.79 Å². The van der Waals surface area contributed by atoms with E-state index < -0.39 is 0 Å². The highest BCUT2D eigenvalue weighted by atomic mass is 16.1. The average Bonchev–Trinajstić information content (AvgIpc) is 3.17. The summed E-state index contributed by atoms with van der Waals surface area (Å²) in [5, 5.41) is 11.9. The molecule has 1 amide bonds. The van der Waals surface area contributed by atoms with Gasteiger partial charge >= 0.3 is 0 Å². The van der Waals surface area contributed by atoms with Gasteiger partial charge in [0.2, 0.25) is 0 Å². The zero-order valence-corrected chi connectivity index (χ0v) is 15.5. The second kappa shape index (κ2) is 6.63. The Morgan fingerprint density at radius 3 is 2.76 bits per heavy atom. The molecule has 0 bridgehead atoms. The van der Waals surface area contributed by atoms with Crippen LogP contribution in [0.1, 0.15) is 67.2 Å². The van der Waals surface area contributed by atoms with Crippen molar-refractivity contribution < 1.29 is 4.79 Å². The highest BCUT2D eigenvalue weighted by molar-refractivity contribution is 5.95. The van der Waals surface area contributed by atoms with Crippen molar-refractivity contribution in [1.29, 1.82) is 0 Å². The molecule has 0 aliphatic carbocycles. The lowest BCUT2D eigenvalue weighted by Crippen LogP contribution is -2.37. The van der Waals surface area contributed by atoms with Crippen LogP contribution in [0.15, 0.2) is 18.6 Å². The fraction of sp³-hybridized carbons (Fsp3) is 0.611. The van der Waals surface area contributed by atoms with Crippen molar-refractivity contribution in [3.63, 3.8) is 0 Å². The standard InChI is InChI=1S/C18H28N6O/c1-18(2,3)16(13-9-20-23(4)11-13)22-17(25)14-10-21-24-7-5-6-12(8-19)15(14)24/h9-12,16H,5-8,19H2,1-4H3,(H,22,25). The number of nitrogens with zero attached hydrogens (tertiary/aromatic N) is 4. The third-order valence-electron chi connectivity index (χ3n) is 4.92. The SMILES string of the molecule is Cn1cc(C(NC(=O)c2cnn3c2C(CN)CCC3)C(C)(C)C)cn1. The number of hydrogen-bond acceptors (Lipinski definition) is 4. The molecule has 0 aromatic carbocycles.